The van der Waals surface area contributed by atoms with Gasteiger partial charge in [-0.25, -0.2) is 4.39 Å². The van der Waals surface area contributed by atoms with Gasteiger partial charge in [-0.1, -0.05) is 24.3 Å². The number of carbonyl (C=O) groups excluding carboxylic acids is 1. The van der Waals surface area contributed by atoms with Gasteiger partial charge in [-0.15, -0.1) is 0 Å². The summed E-state index contributed by atoms with van der Waals surface area (Å²) >= 11 is 0. The normalized spacial score (nSPS) is 11.4. The van der Waals surface area contributed by atoms with E-state index >= 15 is 0 Å². The molecule has 0 aromatic heterocycles. The van der Waals surface area contributed by atoms with Crippen molar-refractivity contribution in [1.29, 1.82) is 5.26 Å². The van der Waals surface area contributed by atoms with Crippen LogP contribution in [0.5, 0.6) is 5.75 Å². The molecule has 0 aliphatic heterocycles. The van der Waals surface area contributed by atoms with Gasteiger partial charge in [0.2, 0.25) is 0 Å². The Kier molecular flexibility index (Phi) is 5.32. The van der Waals surface area contributed by atoms with Gasteiger partial charge < -0.3 is 10.1 Å². The number of aryl methyl sites for hydroxylation is 2. The van der Waals surface area contributed by atoms with Gasteiger partial charge in [0.15, 0.2) is 6.61 Å². The molecule has 1 N–H and O–H groups in total. The second kappa shape index (κ2) is 7.41. The maximum absolute atomic E-state index is 12.9. The Morgan fingerprint density at radius 2 is 1.96 bits per heavy atom. The number of halogens is 1. The van der Waals surface area contributed by atoms with Crippen LogP contribution in [-0.2, 0) is 4.79 Å². The summed E-state index contributed by atoms with van der Waals surface area (Å²) in [5.41, 5.74) is 2.49. The molecule has 0 spiro atoms. The first-order chi connectivity index (χ1) is 11.0. The topological polar surface area (TPSA) is 62.1 Å². The lowest BCUT2D eigenvalue weighted by molar-refractivity contribution is -0.123. The van der Waals surface area contributed by atoms with Crippen molar-refractivity contribution in [3.8, 4) is 11.8 Å². The molecule has 0 aliphatic rings. The highest BCUT2D eigenvalue weighted by atomic mass is 19.1. The number of nitriles is 1. The molecule has 1 amide bonds. The van der Waals surface area contributed by atoms with Crippen LogP contribution < -0.4 is 10.1 Å². The van der Waals surface area contributed by atoms with Crippen molar-refractivity contribution in [1.82, 2.24) is 5.32 Å². The highest BCUT2D eigenvalue weighted by molar-refractivity contribution is 5.78. The number of nitrogens with one attached hydrogen (secondary N) is 1. The summed E-state index contributed by atoms with van der Waals surface area (Å²) in [6.07, 6.45) is 0. The van der Waals surface area contributed by atoms with Crippen LogP contribution in [0.3, 0.4) is 0 Å². The molecule has 0 heterocycles. The van der Waals surface area contributed by atoms with E-state index in [1.54, 1.807) is 0 Å². The number of hydrogen-bond donors (Lipinski definition) is 1. The van der Waals surface area contributed by atoms with Crippen molar-refractivity contribution >= 4 is 5.91 Å². The predicted molar refractivity (Wildman–Crippen MR) is 84.3 cm³/mol. The van der Waals surface area contributed by atoms with Gasteiger partial charge in [-0.2, -0.15) is 5.26 Å². The third kappa shape index (κ3) is 4.55. The van der Waals surface area contributed by atoms with Gasteiger partial charge >= 0.3 is 0 Å². The fraction of sp³-hybridized carbons (Fsp3) is 0.222. The number of nitrogens with zero attached hydrogens (tertiary/aromatic N) is 1. The number of rotatable bonds is 5. The van der Waals surface area contributed by atoms with Gasteiger partial charge in [0.05, 0.1) is 6.07 Å². The molecular weight excluding hydrogens is 295 g/mol. The molecule has 4 nitrogen and oxygen atoms in total. The summed E-state index contributed by atoms with van der Waals surface area (Å²) < 4.78 is 18.4. The lowest BCUT2D eigenvalue weighted by Gasteiger charge is -2.13. The maximum atomic E-state index is 12.9. The molecule has 0 radical (unpaired) electrons. The Balaban J connectivity index is 1.96. The first-order valence-corrected chi connectivity index (χ1v) is 7.14. The molecule has 0 saturated carbocycles. The average Bonchev–Trinajstić information content (AvgIpc) is 2.54. The molecule has 2 aromatic rings. The van der Waals surface area contributed by atoms with Crippen LogP contribution in [0.15, 0.2) is 42.5 Å². The summed E-state index contributed by atoms with van der Waals surface area (Å²) in [6.45, 7) is 3.64. The molecule has 2 aromatic carbocycles. The second-order valence-electron chi connectivity index (χ2n) is 5.24. The fourth-order valence-corrected chi connectivity index (χ4v) is 2.05. The Labute approximate surface area is 134 Å². The van der Waals surface area contributed by atoms with E-state index < -0.39 is 17.8 Å². The first kappa shape index (κ1) is 16.5. The van der Waals surface area contributed by atoms with Crippen LogP contribution in [-0.4, -0.2) is 12.5 Å². The van der Waals surface area contributed by atoms with E-state index in [1.165, 1.54) is 24.3 Å². The Bertz CT molecular complexity index is 736. The monoisotopic (exact) mass is 312 g/mol. The van der Waals surface area contributed by atoms with Gasteiger partial charge in [0.25, 0.3) is 5.91 Å². The third-order valence-electron chi connectivity index (χ3n) is 3.34. The van der Waals surface area contributed by atoms with Gasteiger partial charge in [0, 0.05) is 0 Å². The molecule has 23 heavy (non-hydrogen) atoms. The van der Waals surface area contributed by atoms with E-state index in [4.69, 9.17) is 10.00 Å². The molecule has 0 bridgehead atoms. The lowest BCUT2D eigenvalue weighted by atomic mass is 10.1. The zero-order valence-electron chi connectivity index (χ0n) is 13.0. The summed E-state index contributed by atoms with van der Waals surface area (Å²) in [7, 11) is 0. The second-order valence-corrected chi connectivity index (χ2v) is 5.24. The number of hydrogen-bond acceptors (Lipinski definition) is 3. The van der Waals surface area contributed by atoms with E-state index in [-0.39, 0.29) is 6.61 Å². The minimum Gasteiger partial charge on any atom is -0.483 e. The molecule has 0 unspecified atom stereocenters. The van der Waals surface area contributed by atoms with Crippen molar-refractivity contribution in [2.45, 2.75) is 19.9 Å². The highest BCUT2D eigenvalue weighted by Crippen LogP contribution is 2.19. The lowest BCUT2D eigenvalue weighted by Crippen LogP contribution is -2.32. The van der Waals surface area contributed by atoms with E-state index in [0.717, 1.165) is 11.1 Å². The van der Waals surface area contributed by atoms with Crippen LogP contribution in [0, 0.1) is 31.0 Å². The van der Waals surface area contributed by atoms with Crippen LogP contribution in [0.1, 0.15) is 22.7 Å². The van der Waals surface area contributed by atoms with E-state index in [9.17, 15) is 9.18 Å². The van der Waals surface area contributed by atoms with Crippen molar-refractivity contribution in [3.05, 3.63) is 65.0 Å². The number of ether oxygens (including phenoxy) is 1. The number of amides is 1. The zero-order chi connectivity index (χ0) is 16.8. The third-order valence-corrected chi connectivity index (χ3v) is 3.34. The van der Waals surface area contributed by atoms with Crippen LogP contribution >= 0.6 is 0 Å². The average molecular weight is 312 g/mol. The van der Waals surface area contributed by atoms with Crippen LogP contribution in [0.4, 0.5) is 4.39 Å². The summed E-state index contributed by atoms with van der Waals surface area (Å²) in [6, 6.07) is 12.3. The van der Waals surface area contributed by atoms with Crippen molar-refractivity contribution in [2.75, 3.05) is 6.61 Å². The predicted octanol–water partition coefficient (Wildman–Crippen LogP) is 3.20. The van der Waals surface area contributed by atoms with Crippen molar-refractivity contribution < 1.29 is 13.9 Å². The van der Waals surface area contributed by atoms with E-state index in [2.05, 4.69) is 5.32 Å². The molecule has 0 fully saturated rings. The standard InChI is InChI=1S/C18H17FN2O2/c1-12-3-4-13(2)17(9-12)23-11-18(22)21-16(10-20)14-5-7-15(19)8-6-14/h3-9,16H,11H2,1-2H3,(H,21,22)/t16-/m0/s1. The van der Waals surface area contributed by atoms with Crippen LogP contribution in [0.25, 0.3) is 0 Å². The Morgan fingerprint density at radius 1 is 1.26 bits per heavy atom. The molecule has 5 heteroatoms. The van der Waals surface area contributed by atoms with E-state index in [1.807, 2.05) is 38.1 Å². The smallest absolute Gasteiger partial charge is 0.259 e. The largest absolute Gasteiger partial charge is 0.483 e. The summed E-state index contributed by atoms with van der Waals surface area (Å²) in [5, 5.41) is 11.7. The molecule has 2 rings (SSSR count). The van der Waals surface area contributed by atoms with Gasteiger partial charge in [-0.3, -0.25) is 4.79 Å². The minimum absolute atomic E-state index is 0.191. The quantitative estimate of drug-likeness (QED) is 0.922. The Hall–Kier alpha value is -2.87. The molecule has 1 atom stereocenters. The maximum Gasteiger partial charge on any atom is 0.259 e. The molecule has 0 saturated heterocycles. The first-order valence-electron chi connectivity index (χ1n) is 7.14. The molecule has 118 valence electrons. The van der Waals surface area contributed by atoms with E-state index in [0.29, 0.717) is 11.3 Å². The van der Waals surface area contributed by atoms with Gasteiger partial charge in [0.1, 0.15) is 17.6 Å². The minimum atomic E-state index is -0.842. The molecular formula is C18H17FN2O2. The summed E-state index contributed by atoms with van der Waals surface area (Å²) in [5.74, 6) is -0.174. The number of benzene rings is 2. The highest BCUT2D eigenvalue weighted by Gasteiger charge is 2.14. The molecule has 0 aliphatic carbocycles. The van der Waals surface area contributed by atoms with Crippen molar-refractivity contribution in [3.63, 3.8) is 0 Å². The fourth-order valence-electron chi connectivity index (χ4n) is 2.05. The Morgan fingerprint density at radius 3 is 2.61 bits per heavy atom. The summed E-state index contributed by atoms with van der Waals surface area (Å²) in [4.78, 5) is 12.0. The number of carbonyl (C=O) groups is 1. The zero-order valence-corrected chi connectivity index (χ0v) is 13.0. The van der Waals surface area contributed by atoms with Crippen LogP contribution in [0.2, 0.25) is 0 Å². The van der Waals surface area contributed by atoms with Gasteiger partial charge in [-0.05, 0) is 48.7 Å². The van der Waals surface area contributed by atoms with Crippen molar-refractivity contribution in [2.24, 2.45) is 0 Å². The SMILES string of the molecule is Cc1ccc(C)c(OCC(=O)N[C@@H](C#N)c2ccc(F)cc2)c1.